The highest BCUT2D eigenvalue weighted by molar-refractivity contribution is 5.89. The topological polar surface area (TPSA) is 85.6 Å². The Labute approximate surface area is 173 Å². The number of nitrogens with zero attached hydrogens (tertiary/aromatic N) is 6. The summed E-state index contributed by atoms with van der Waals surface area (Å²) in [6.45, 7) is 3.68. The SMILES string of the molecule is COC(=O)c1cc(-n2ncc3cc(C)c(N4CCN(C)CC4F)cc32)nc(OC)n1. The maximum absolute atomic E-state index is 14.8. The van der Waals surface area contributed by atoms with Gasteiger partial charge in [-0.3, -0.25) is 4.90 Å². The minimum Gasteiger partial charge on any atom is -0.467 e. The van der Waals surface area contributed by atoms with Gasteiger partial charge in [0.15, 0.2) is 17.8 Å². The first-order valence-corrected chi connectivity index (χ1v) is 9.50. The Hall–Kier alpha value is -3.27. The second kappa shape index (κ2) is 7.86. The molecule has 3 heterocycles. The van der Waals surface area contributed by atoms with Crippen molar-refractivity contribution in [3.05, 3.63) is 35.7 Å². The zero-order chi connectivity index (χ0) is 21.4. The molecule has 0 bridgehead atoms. The van der Waals surface area contributed by atoms with Crippen molar-refractivity contribution in [2.24, 2.45) is 0 Å². The van der Waals surface area contributed by atoms with Gasteiger partial charge < -0.3 is 14.4 Å². The van der Waals surface area contributed by atoms with Gasteiger partial charge in [-0.1, -0.05) is 0 Å². The summed E-state index contributed by atoms with van der Waals surface area (Å²) in [7, 11) is 4.60. The van der Waals surface area contributed by atoms with Gasteiger partial charge in [0.2, 0.25) is 0 Å². The maximum Gasteiger partial charge on any atom is 0.357 e. The van der Waals surface area contributed by atoms with E-state index in [1.807, 2.05) is 31.0 Å². The normalized spacial score (nSPS) is 17.4. The van der Waals surface area contributed by atoms with E-state index in [0.717, 1.165) is 28.7 Å². The molecule has 0 amide bonds. The van der Waals surface area contributed by atoms with Crippen molar-refractivity contribution in [2.45, 2.75) is 13.2 Å². The van der Waals surface area contributed by atoms with Crippen molar-refractivity contribution < 1.29 is 18.7 Å². The number of rotatable bonds is 4. The van der Waals surface area contributed by atoms with Crippen molar-refractivity contribution in [3.8, 4) is 11.8 Å². The van der Waals surface area contributed by atoms with Crippen molar-refractivity contribution in [2.75, 3.05) is 45.8 Å². The van der Waals surface area contributed by atoms with Gasteiger partial charge in [-0.25, -0.2) is 13.9 Å². The molecule has 10 heteroatoms. The number of hydrogen-bond donors (Lipinski definition) is 0. The molecule has 1 atom stereocenters. The highest BCUT2D eigenvalue weighted by Gasteiger charge is 2.27. The molecule has 1 unspecified atom stereocenters. The zero-order valence-electron chi connectivity index (χ0n) is 17.3. The molecule has 1 fully saturated rings. The van der Waals surface area contributed by atoms with Crippen molar-refractivity contribution in [1.29, 1.82) is 0 Å². The molecule has 3 aromatic rings. The number of anilines is 1. The van der Waals surface area contributed by atoms with Crippen molar-refractivity contribution >= 4 is 22.6 Å². The number of ether oxygens (including phenoxy) is 2. The summed E-state index contributed by atoms with van der Waals surface area (Å²) < 4.78 is 26.2. The van der Waals surface area contributed by atoms with Crippen LogP contribution >= 0.6 is 0 Å². The number of alkyl halides is 1. The van der Waals surface area contributed by atoms with Gasteiger partial charge in [-0.15, -0.1) is 0 Å². The van der Waals surface area contributed by atoms with Gasteiger partial charge in [0, 0.05) is 36.8 Å². The number of aromatic nitrogens is 4. The van der Waals surface area contributed by atoms with Crippen LogP contribution in [0.2, 0.25) is 0 Å². The lowest BCUT2D eigenvalue weighted by Gasteiger charge is -2.37. The molecule has 0 spiro atoms. The number of carbonyl (C=O) groups is 1. The molecule has 0 aliphatic carbocycles. The lowest BCUT2D eigenvalue weighted by molar-refractivity contribution is 0.0592. The molecule has 1 aliphatic rings. The molecule has 1 aromatic carbocycles. The second-order valence-corrected chi connectivity index (χ2v) is 7.23. The first-order chi connectivity index (χ1) is 14.4. The van der Waals surface area contributed by atoms with Gasteiger partial charge in [0.25, 0.3) is 0 Å². The molecule has 158 valence electrons. The Morgan fingerprint density at radius 3 is 2.70 bits per heavy atom. The lowest BCUT2D eigenvalue weighted by atomic mass is 10.1. The van der Waals surface area contributed by atoms with E-state index in [0.29, 0.717) is 18.9 Å². The summed E-state index contributed by atoms with van der Waals surface area (Å²) in [6.07, 6.45) is 0.608. The van der Waals surface area contributed by atoms with Crippen LogP contribution in [-0.2, 0) is 4.74 Å². The molecule has 1 aliphatic heterocycles. The van der Waals surface area contributed by atoms with E-state index in [9.17, 15) is 9.18 Å². The van der Waals surface area contributed by atoms with Gasteiger partial charge in [-0.2, -0.15) is 15.1 Å². The van der Waals surface area contributed by atoms with Crippen LogP contribution in [0.25, 0.3) is 16.7 Å². The average Bonchev–Trinajstić information content (AvgIpc) is 3.15. The van der Waals surface area contributed by atoms with Crippen LogP contribution in [0.5, 0.6) is 6.01 Å². The fraction of sp³-hybridized carbons (Fsp3) is 0.400. The number of piperazine rings is 1. The number of benzene rings is 1. The summed E-state index contributed by atoms with van der Waals surface area (Å²) >= 11 is 0. The van der Waals surface area contributed by atoms with Gasteiger partial charge in [0.1, 0.15) is 0 Å². The summed E-state index contributed by atoms with van der Waals surface area (Å²) in [6, 6.07) is 5.38. The average molecular weight is 414 g/mol. The number of hydrogen-bond acceptors (Lipinski definition) is 8. The molecule has 9 nitrogen and oxygen atoms in total. The highest BCUT2D eigenvalue weighted by Crippen LogP contribution is 2.31. The monoisotopic (exact) mass is 414 g/mol. The number of halogens is 1. The van der Waals surface area contributed by atoms with E-state index < -0.39 is 12.3 Å². The predicted molar refractivity (Wildman–Crippen MR) is 109 cm³/mol. The molecule has 2 aromatic heterocycles. The second-order valence-electron chi connectivity index (χ2n) is 7.23. The number of likely N-dealkylation sites (N-methyl/N-ethyl adjacent to an activating group) is 1. The Kier molecular flexibility index (Phi) is 5.25. The van der Waals surface area contributed by atoms with Gasteiger partial charge in [-0.05, 0) is 31.7 Å². The minimum atomic E-state index is -1.10. The molecule has 1 saturated heterocycles. The van der Waals surface area contributed by atoms with E-state index in [-0.39, 0.29) is 11.7 Å². The summed E-state index contributed by atoms with van der Waals surface area (Å²) in [4.78, 5) is 24.1. The number of methoxy groups -OCH3 is 2. The van der Waals surface area contributed by atoms with Crippen LogP contribution < -0.4 is 9.64 Å². The van der Waals surface area contributed by atoms with Crippen LogP contribution in [0.15, 0.2) is 24.4 Å². The lowest BCUT2D eigenvalue weighted by Crippen LogP contribution is -2.50. The van der Waals surface area contributed by atoms with Crippen LogP contribution in [0.4, 0.5) is 10.1 Å². The van der Waals surface area contributed by atoms with Crippen molar-refractivity contribution in [1.82, 2.24) is 24.6 Å². The Balaban J connectivity index is 1.82. The Bertz CT molecular complexity index is 1100. The molecule has 4 rings (SSSR count). The van der Waals surface area contributed by atoms with E-state index >= 15 is 0 Å². The smallest absolute Gasteiger partial charge is 0.357 e. The third-order valence-corrected chi connectivity index (χ3v) is 5.20. The Morgan fingerprint density at radius 2 is 2.00 bits per heavy atom. The fourth-order valence-corrected chi connectivity index (χ4v) is 3.63. The standard InChI is InChI=1S/C20H23FN6O3/c1-12-7-13-10-22-27(18-8-14(19(28)29-3)23-20(24-18)30-4)16(13)9-15(12)26-6-5-25(2)11-17(26)21/h7-10,17H,5-6,11H2,1-4H3. The van der Waals surface area contributed by atoms with Crippen LogP contribution in [0.1, 0.15) is 16.1 Å². The van der Waals surface area contributed by atoms with Crippen LogP contribution in [0, 0.1) is 6.92 Å². The van der Waals surface area contributed by atoms with E-state index in [4.69, 9.17) is 9.47 Å². The predicted octanol–water partition coefficient (Wildman–Crippen LogP) is 1.97. The molecular weight excluding hydrogens is 391 g/mol. The first kappa shape index (κ1) is 20.0. The number of aryl methyl sites for hydroxylation is 1. The van der Waals surface area contributed by atoms with E-state index in [1.54, 1.807) is 15.8 Å². The molecule has 0 N–H and O–H groups in total. The van der Waals surface area contributed by atoms with Gasteiger partial charge in [0.05, 0.1) is 25.9 Å². The zero-order valence-corrected chi connectivity index (χ0v) is 17.3. The Morgan fingerprint density at radius 1 is 1.20 bits per heavy atom. The summed E-state index contributed by atoms with van der Waals surface area (Å²) in [5, 5.41) is 5.30. The molecular formula is C20H23FN6O3. The van der Waals surface area contributed by atoms with E-state index in [2.05, 4.69) is 15.1 Å². The third kappa shape index (κ3) is 3.54. The quantitative estimate of drug-likeness (QED) is 0.473. The minimum absolute atomic E-state index is 0.0202. The van der Waals surface area contributed by atoms with Crippen molar-refractivity contribution in [3.63, 3.8) is 0 Å². The van der Waals surface area contributed by atoms with E-state index in [1.165, 1.54) is 20.3 Å². The molecule has 30 heavy (non-hydrogen) atoms. The molecule has 0 radical (unpaired) electrons. The third-order valence-electron chi connectivity index (χ3n) is 5.20. The summed E-state index contributed by atoms with van der Waals surface area (Å²) in [5.41, 5.74) is 2.56. The van der Waals surface area contributed by atoms with Crippen LogP contribution in [-0.4, -0.2) is 77.8 Å². The number of carbonyl (C=O) groups excluding carboxylic acids is 1. The first-order valence-electron chi connectivity index (χ1n) is 9.50. The molecule has 0 saturated carbocycles. The van der Waals surface area contributed by atoms with Gasteiger partial charge >= 0.3 is 12.0 Å². The largest absolute Gasteiger partial charge is 0.467 e. The number of esters is 1. The summed E-state index contributed by atoms with van der Waals surface area (Å²) in [5.74, 6) is -0.259. The fourth-order valence-electron chi connectivity index (χ4n) is 3.63. The van der Waals surface area contributed by atoms with Crippen LogP contribution in [0.3, 0.4) is 0 Å². The number of fused-ring (bicyclic) bond motifs is 1. The highest BCUT2D eigenvalue weighted by atomic mass is 19.1. The maximum atomic E-state index is 14.8.